The molecule has 1 rings (SSSR count). The number of rotatable bonds is 14. The van der Waals surface area contributed by atoms with Crippen molar-refractivity contribution in [1.29, 1.82) is 0 Å². The molecule has 1 aromatic rings. The summed E-state index contributed by atoms with van der Waals surface area (Å²) in [5.74, 6) is -0.742. The first kappa shape index (κ1) is 23.6. The number of methoxy groups -OCH3 is 3. The van der Waals surface area contributed by atoms with Crippen LogP contribution in [0.2, 0.25) is 0 Å². The first-order valence-corrected chi connectivity index (χ1v) is 10.8. The van der Waals surface area contributed by atoms with E-state index in [4.69, 9.17) is 14.2 Å². The van der Waals surface area contributed by atoms with Gasteiger partial charge < -0.3 is 14.2 Å². The van der Waals surface area contributed by atoms with E-state index in [0.717, 1.165) is 19.3 Å². The smallest absolute Gasteiger partial charge is 0.285 e. The van der Waals surface area contributed by atoms with Gasteiger partial charge in [0.05, 0.1) is 0 Å². The summed E-state index contributed by atoms with van der Waals surface area (Å²) in [6, 6.07) is 8.84. The molecule has 1 aromatic carbocycles. The van der Waals surface area contributed by atoms with Crippen molar-refractivity contribution in [1.82, 2.24) is 0 Å². The normalized spacial score (nSPS) is 14.4. The van der Waals surface area contributed by atoms with E-state index in [9.17, 15) is 0 Å². The first-order chi connectivity index (χ1) is 12.5. The zero-order valence-corrected chi connectivity index (χ0v) is 18.8. The van der Waals surface area contributed by atoms with Crippen LogP contribution in [0.5, 0.6) is 0 Å². The average molecular weight is 429 g/mol. The van der Waals surface area contributed by atoms with Crippen LogP contribution in [0.1, 0.15) is 74.7 Å². The molecular weight excluding hydrogens is 392 g/mol. The Bertz CT molecular complexity index is 461. The molecule has 0 bridgehead atoms. The van der Waals surface area contributed by atoms with E-state index in [1.54, 1.807) is 21.3 Å². The van der Waals surface area contributed by atoms with Gasteiger partial charge in [-0.25, -0.2) is 0 Å². The van der Waals surface area contributed by atoms with Gasteiger partial charge in [-0.05, 0) is 37.3 Å². The Kier molecular flexibility index (Phi) is 11.7. The Morgan fingerprint density at radius 3 is 1.96 bits per heavy atom. The van der Waals surface area contributed by atoms with Gasteiger partial charge in [0.25, 0.3) is 5.97 Å². The summed E-state index contributed by atoms with van der Waals surface area (Å²) in [5, 5.41) is 0. The van der Waals surface area contributed by atoms with E-state index >= 15 is 0 Å². The highest BCUT2D eigenvalue weighted by molar-refractivity contribution is 9.09. The lowest BCUT2D eigenvalue weighted by Crippen LogP contribution is -2.44. The number of halogens is 1. The molecule has 2 unspecified atom stereocenters. The SMILES string of the molecule is CCCCCCCC(CCc1ccc(C(C)Br)cc1)C(OC)(OC)OC. The van der Waals surface area contributed by atoms with Gasteiger partial charge in [-0.1, -0.05) is 79.2 Å². The number of hydrogen-bond acceptors (Lipinski definition) is 3. The molecule has 0 spiro atoms. The van der Waals surface area contributed by atoms with Crippen molar-refractivity contribution < 1.29 is 14.2 Å². The maximum atomic E-state index is 5.66. The zero-order valence-electron chi connectivity index (χ0n) is 17.2. The number of benzene rings is 1. The van der Waals surface area contributed by atoms with Crippen molar-refractivity contribution in [2.24, 2.45) is 5.92 Å². The second kappa shape index (κ2) is 12.9. The van der Waals surface area contributed by atoms with E-state index < -0.39 is 5.97 Å². The van der Waals surface area contributed by atoms with Crippen LogP contribution in [-0.4, -0.2) is 27.3 Å². The highest BCUT2D eigenvalue weighted by atomic mass is 79.9. The van der Waals surface area contributed by atoms with Gasteiger partial charge in [0.1, 0.15) is 0 Å². The summed E-state index contributed by atoms with van der Waals surface area (Å²) >= 11 is 3.62. The number of unbranched alkanes of at least 4 members (excludes halogenated alkanes) is 4. The molecular formula is C22H37BrO3. The number of ether oxygens (including phenoxy) is 3. The average Bonchev–Trinajstić information content (AvgIpc) is 2.67. The van der Waals surface area contributed by atoms with Crippen LogP contribution in [0.25, 0.3) is 0 Å². The van der Waals surface area contributed by atoms with Gasteiger partial charge >= 0.3 is 0 Å². The van der Waals surface area contributed by atoms with Gasteiger partial charge in [-0.3, -0.25) is 0 Å². The molecule has 0 radical (unpaired) electrons. The van der Waals surface area contributed by atoms with Crippen molar-refractivity contribution >= 4 is 15.9 Å². The van der Waals surface area contributed by atoms with Crippen LogP contribution in [0.4, 0.5) is 0 Å². The summed E-state index contributed by atoms with van der Waals surface area (Å²) in [7, 11) is 5.01. The van der Waals surface area contributed by atoms with E-state index in [0.29, 0.717) is 4.83 Å². The Labute approximate surface area is 168 Å². The molecule has 0 amide bonds. The van der Waals surface area contributed by atoms with Crippen LogP contribution in [0.15, 0.2) is 24.3 Å². The maximum absolute atomic E-state index is 5.66. The molecule has 0 aromatic heterocycles. The quantitative estimate of drug-likeness (QED) is 0.188. The van der Waals surface area contributed by atoms with Crippen molar-refractivity contribution in [2.45, 2.75) is 76.0 Å². The molecule has 0 saturated heterocycles. The molecule has 4 heteroatoms. The molecule has 0 aliphatic rings. The maximum Gasteiger partial charge on any atom is 0.285 e. The molecule has 0 aliphatic carbocycles. The van der Waals surface area contributed by atoms with Crippen molar-refractivity contribution in [3.8, 4) is 0 Å². The molecule has 3 nitrogen and oxygen atoms in total. The minimum Gasteiger partial charge on any atom is -0.331 e. The summed E-state index contributed by atoms with van der Waals surface area (Å²) < 4.78 is 17.0. The lowest BCUT2D eigenvalue weighted by Gasteiger charge is -2.36. The lowest BCUT2D eigenvalue weighted by atomic mass is 9.91. The van der Waals surface area contributed by atoms with Crippen molar-refractivity contribution in [2.75, 3.05) is 21.3 Å². The lowest BCUT2D eigenvalue weighted by molar-refractivity contribution is -0.380. The predicted molar refractivity (Wildman–Crippen MR) is 113 cm³/mol. The highest BCUT2D eigenvalue weighted by Crippen LogP contribution is 2.32. The summed E-state index contributed by atoms with van der Waals surface area (Å²) in [6.07, 6.45) is 9.35. The molecule has 0 N–H and O–H groups in total. The van der Waals surface area contributed by atoms with Crippen LogP contribution in [-0.2, 0) is 20.6 Å². The highest BCUT2D eigenvalue weighted by Gasteiger charge is 2.39. The van der Waals surface area contributed by atoms with E-state index in [1.807, 2.05) is 0 Å². The Balaban J connectivity index is 2.70. The van der Waals surface area contributed by atoms with E-state index in [2.05, 4.69) is 54.0 Å². The van der Waals surface area contributed by atoms with Gasteiger partial charge in [0.15, 0.2) is 0 Å². The van der Waals surface area contributed by atoms with Gasteiger partial charge in [-0.2, -0.15) is 0 Å². The number of hydrogen-bond donors (Lipinski definition) is 0. The third-order valence-electron chi connectivity index (χ3n) is 5.23. The predicted octanol–water partition coefficient (Wildman–Crippen LogP) is 6.64. The fourth-order valence-corrected chi connectivity index (χ4v) is 3.84. The minimum absolute atomic E-state index is 0.207. The zero-order chi connectivity index (χ0) is 19.4. The topological polar surface area (TPSA) is 27.7 Å². The van der Waals surface area contributed by atoms with E-state index in [-0.39, 0.29) is 5.92 Å². The monoisotopic (exact) mass is 428 g/mol. The van der Waals surface area contributed by atoms with Crippen molar-refractivity contribution in [3.05, 3.63) is 35.4 Å². The largest absolute Gasteiger partial charge is 0.331 e. The Morgan fingerprint density at radius 1 is 0.885 bits per heavy atom. The van der Waals surface area contributed by atoms with Crippen LogP contribution >= 0.6 is 15.9 Å². The Morgan fingerprint density at radius 2 is 1.46 bits per heavy atom. The summed E-state index contributed by atoms with van der Waals surface area (Å²) in [6.45, 7) is 4.39. The van der Waals surface area contributed by atoms with Crippen molar-refractivity contribution in [3.63, 3.8) is 0 Å². The molecule has 150 valence electrons. The molecule has 26 heavy (non-hydrogen) atoms. The van der Waals surface area contributed by atoms with Gasteiger partial charge in [0, 0.05) is 32.1 Å². The molecule has 0 heterocycles. The number of aryl methyl sites for hydroxylation is 1. The second-order valence-electron chi connectivity index (χ2n) is 7.01. The number of alkyl halides is 1. The van der Waals surface area contributed by atoms with Gasteiger partial charge in [-0.15, -0.1) is 0 Å². The third-order valence-corrected chi connectivity index (χ3v) is 5.76. The minimum atomic E-state index is -0.949. The van der Waals surface area contributed by atoms with Gasteiger partial charge in [0.2, 0.25) is 0 Å². The van der Waals surface area contributed by atoms with Crippen LogP contribution < -0.4 is 0 Å². The Hall–Kier alpha value is -0.420. The first-order valence-electron chi connectivity index (χ1n) is 9.91. The fourth-order valence-electron chi connectivity index (χ4n) is 3.53. The molecule has 0 fully saturated rings. The standard InChI is InChI=1S/C22H37BrO3/c1-6-7-8-9-10-11-21(22(24-3,25-4)26-5)17-14-19-12-15-20(16-13-19)18(2)23/h12-13,15-16,18,21H,6-11,14,17H2,1-5H3. The fraction of sp³-hybridized carbons (Fsp3) is 0.727. The van der Waals surface area contributed by atoms with Crippen LogP contribution in [0, 0.1) is 5.92 Å². The molecule has 0 saturated carbocycles. The van der Waals surface area contributed by atoms with Crippen LogP contribution in [0.3, 0.4) is 0 Å². The summed E-state index contributed by atoms with van der Waals surface area (Å²) in [4.78, 5) is 0.385. The molecule has 2 atom stereocenters. The molecule has 0 aliphatic heterocycles. The van der Waals surface area contributed by atoms with E-state index in [1.165, 1.54) is 43.2 Å². The third kappa shape index (κ3) is 7.30. The second-order valence-corrected chi connectivity index (χ2v) is 8.39. The summed E-state index contributed by atoms with van der Waals surface area (Å²) in [5.41, 5.74) is 2.65.